The van der Waals surface area contributed by atoms with E-state index in [4.69, 9.17) is 4.42 Å². The number of benzene rings is 2. The number of halogens is 2. The van der Waals surface area contributed by atoms with Crippen LogP contribution in [-0.2, 0) is 16.9 Å². The van der Waals surface area contributed by atoms with Crippen molar-refractivity contribution in [2.75, 3.05) is 0 Å². The van der Waals surface area contributed by atoms with Crippen LogP contribution in [-0.4, -0.2) is 16.8 Å². The summed E-state index contributed by atoms with van der Waals surface area (Å²) in [6.07, 6.45) is 0. The Labute approximate surface area is 170 Å². The minimum atomic E-state index is -1.77. The average molecular weight is 412 g/mol. The number of amides is 3. The second-order valence-corrected chi connectivity index (χ2v) is 7.59. The smallest absolute Gasteiger partial charge is 0.336 e. The molecule has 0 saturated carbocycles. The van der Waals surface area contributed by atoms with Crippen molar-refractivity contribution in [2.45, 2.75) is 32.9 Å². The molecule has 8 heteroatoms. The highest BCUT2D eigenvalue weighted by atomic mass is 19.1. The van der Waals surface area contributed by atoms with Gasteiger partial charge in [-0.05, 0) is 67.8 Å². The molecule has 1 aliphatic rings. The van der Waals surface area contributed by atoms with Gasteiger partial charge in [-0.1, -0.05) is 0 Å². The summed E-state index contributed by atoms with van der Waals surface area (Å²) in [5.41, 5.74) is -0.0406. The van der Waals surface area contributed by atoms with Gasteiger partial charge in [0.25, 0.3) is 5.91 Å². The predicted octanol–water partition coefficient (Wildman–Crippen LogP) is 3.66. The fraction of sp³-hybridized carbons (Fsp3) is 0.227. The third-order valence-corrected chi connectivity index (χ3v) is 5.52. The lowest BCUT2D eigenvalue weighted by molar-refractivity contribution is -0.131. The molecule has 1 fully saturated rings. The number of hydrogen-bond donors (Lipinski definition) is 1. The van der Waals surface area contributed by atoms with E-state index >= 15 is 0 Å². The number of imide groups is 1. The molecule has 30 heavy (non-hydrogen) atoms. The van der Waals surface area contributed by atoms with Crippen LogP contribution in [0, 0.1) is 25.5 Å². The van der Waals surface area contributed by atoms with Crippen LogP contribution in [0.2, 0.25) is 0 Å². The standard InChI is InChI=1S/C22H18F2N2O4/c1-11-6-15-13(8-19(27)30-18(15)7-12(11)2)10-26-20(28)22(3,25-21(26)29)16-9-14(23)4-5-17(16)24/h4-9H,10H2,1-3H3,(H,25,29)/t22-/m1/s1. The first-order valence-electron chi connectivity index (χ1n) is 9.24. The van der Waals surface area contributed by atoms with E-state index in [9.17, 15) is 23.2 Å². The van der Waals surface area contributed by atoms with Gasteiger partial charge in [-0.15, -0.1) is 0 Å². The second-order valence-electron chi connectivity index (χ2n) is 7.59. The first kappa shape index (κ1) is 19.8. The van der Waals surface area contributed by atoms with Crippen molar-refractivity contribution in [3.8, 4) is 0 Å². The zero-order valence-corrected chi connectivity index (χ0v) is 16.5. The second kappa shape index (κ2) is 6.76. The Kier molecular flexibility index (Phi) is 4.45. The maximum Gasteiger partial charge on any atom is 0.336 e. The fourth-order valence-corrected chi connectivity index (χ4v) is 3.69. The van der Waals surface area contributed by atoms with E-state index in [-0.39, 0.29) is 12.1 Å². The number of carbonyl (C=O) groups is 2. The van der Waals surface area contributed by atoms with Crippen molar-refractivity contribution < 1.29 is 22.8 Å². The van der Waals surface area contributed by atoms with Crippen LogP contribution in [0.5, 0.6) is 0 Å². The summed E-state index contributed by atoms with van der Waals surface area (Å²) in [4.78, 5) is 38.6. The van der Waals surface area contributed by atoms with Crippen molar-refractivity contribution in [1.82, 2.24) is 10.2 Å². The zero-order chi connectivity index (χ0) is 21.8. The number of aryl methyl sites for hydroxylation is 2. The lowest BCUT2D eigenvalue weighted by atomic mass is 9.91. The van der Waals surface area contributed by atoms with Crippen molar-refractivity contribution in [1.29, 1.82) is 0 Å². The number of urea groups is 1. The van der Waals surface area contributed by atoms with Gasteiger partial charge in [-0.3, -0.25) is 9.69 Å². The maximum atomic E-state index is 14.3. The number of fused-ring (bicyclic) bond motifs is 1. The van der Waals surface area contributed by atoms with Gasteiger partial charge in [0.15, 0.2) is 0 Å². The normalized spacial score (nSPS) is 18.9. The number of nitrogens with one attached hydrogen (secondary N) is 1. The quantitative estimate of drug-likeness (QED) is 0.526. The number of carbonyl (C=O) groups excluding carboxylic acids is 2. The van der Waals surface area contributed by atoms with Crippen LogP contribution in [0.3, 0.4) is 0 Å². The van der Waals surface area contributed by atoms with Crippen LogP contribution in [0.1, 0.15) is 29.2 Å². The van der Waals surface area contributed by atoms with E-state index < -0.39 is 34.7 Å². The summed E-state index contributed by atoms with van der Waals surface area (Å²) in [5, 5.41) is 3.03. The Morgan fingerprint density at radius 2 is 1.73 bits per heavy atom. The van der Waals surface area contributed by atoms with Gasteiger partial charge in [-0.2, -0.15) is 0 Å². The highest BCUT2D eigenvalue weighted by molar-refractivity contribution is 6.07. The molecule has 3 aromatic rings. The van der Waals surface area contributed by atoms with Crippen molar-refractivity contribution in [2.24, 2.45) is 0 Å². The summed E-state index contributed by atoms with van der Waals surface area (Å²) in [7, 11) is 0. The molecule has 3 amide bonds. The molecule has 2 aromatic carbocycles. The molecule has 1 aromatic heterocycles. The van der Waals surface area contributed by atoms with E-state index in [2.05, 4.69) is 5.32 Å². The first-order chi connectivity index (χ1) is 14.1. The molecule has 0 spiro atoms. The average Bonchev–Trinajstić information content (AvgIpc) is 2.89. The van der Waals surface area contributed by atoms with Gasteiger partial charge in [0, 0.05) is 17.0 Å². The topological polar surface area (TPSA) is 79.6 Å². The lowest BCUT2D eigenvalue weighted by Gasteiger charge is -2.23. The van der Waals surface area contributed by atoms with Gasteiger partial charge in [-0.25, -0.2) is 18.4 Å². The van der Waals surface area contributed by atoms with E-state index in [1.807, 2.05) is 19.9 Å². The van der Waals surface area contributed by atoms with E-state index in [0.29, 0.717) is 16.5 Å². The lowest BCUT2D eigenvalue weighted by Crippen LogP contribution is -2.41. The SMILES string of the molecule is Cc1cc2oc(=O)cc(CN3C(=O)N[C@](C)(c4cc(F)ccc4F)C3=O)c2cc1C. The molecule has 0 bridgehead atoms. The third kappa shape index (κ3) is 3.04. The van der Waals surface area contributed by atoms with E-state index in [0.717, 1.165) is 34.2 Å². The monoisotopic (exact) mass is 412 g/mol. The van der Waals surface area contributed by atoms with Gasteiger partial charge in [0.1, 0.15) is 22.8 Å². The van der Waals surface area contributed by atoms with Crippen LogP contribution >= 0.6 is 0 Å². The van der Waals surface area contributed by atoms with E-state index in [1.165, 1.54) is 13.0 Å². The van der Waals surface area contributed by atoms with Crippen LogP contribution in [0.4, 0.5) is 13.6 Å². The minimum Gasteiger partial charge on any atom is -0.423 e. The molecule has 4 rings (SSSR count). The summed E-state index contributed by atoms with van der Waals surface area (Å²) in [6.45, 7) is 4.86. The highest BCUT2D eigenvalue weighted by Crippen LogP contribution is 2.33. The summed E-state index contributed by atoms with van der Waals surface area (Å²) >= 11 is 0. The minimum absolute atomic E-state index is 0.220. The summed E-state index contributed by atoms with van der Waals surface area (Å²) in [6, 6.07) is 6.70. The van der Waals surface area contributed by atoms with E-state index in [1.54, 1.807) is 6.07 Å². The molecular formula is C22H18F2N2O4. The summed E-state index contributed by atoms with van der Waals surface area (Å²) < 4.78 is 33.2. The van der Waals surface area contributed by atoms with Crippen molar-refractivity contribution in [3.63, 3.8) is 0 Å². The number of nitrogens with zero attached hydrogens (tertiary/aromatic N) is 1. The van der Waals surface area contributed by atoms with Crippen LogP contribution in [0.25, 0.3) is 11.0 Å². The molecule has 0 unspecified atom stereocenters. The molecule has 154 valence electrons. The fourth-order valence-electron chi connectivity index (χ4n) is 3.69. The van der Waals surface area contributed by atoms with Gasteiger partial charge in [0.2, 0.25) is 0 Å². The Hall–Kier alpha value is -3.55. The number of hydrogen-bond acceptors (Lipinski definition) is 4. The molecule has 1 N–H and O–H groups in total. The van der Waals surface area contributed by atoms with Gasteiger partial charge >= 0.3 is 11.7 Å². The first-order valence-corrected chi connectivity index (χ1v) is 9.24. The van der Waals surface area contributed by atoms with Crippen molar-refractivity contribution in [3.05, 3.63) is 80.7 Å². The van der Waals surface area contributed by atoms with Crippen molar-refractivity contribution >= 4 is 22.9 Å². The number of rotatable bonds is 3. The molecule has 1 aliphatic heterocycles. The van der Waals surface area contributed by atoms with Gasteiger partial charge in [0.05, 0.1) is 6.54 Å². The molecule has 6 nitrogen and oxygen atoms in total. The molecule has 1 saturated heterocycles. The molecule has 2 heterocycles. The predicted molar refractivity (Wildman–Crippen MR) is 105 cm³/mol. The molecule has 0 radical (unpaired) electrons. The molecule has 0 aliphatic carbocycles. The maximum absolute atomic E-state index is 14.3. The Morgan fingerprint density at radius 1 is 1.03 bits per heavy atom. The third-order valence-electron chi connectivity index (χ3n) is 5.52. The zero-order valence-electron chi connectivity index (χ0n) is 16.5. The summed E-state index contributed by atoms with van der Waals surface area (Å²) in [5.74, 6) is -2.29. The highest BCUT2D eigenvalue weighted by Gasteiger charge is 2.50. The van der Waals surface area contributed by atoms with Crippen LogP contribution < -0.4 is 10.9 Å². The Morgan fingerprint density at radius 3 is 2.47 bits per heavy atom. The Bertz CT molecular complexity index is 1280. The Balaban J connectivity index is 1.77. The molecule has 1 atom stereocenters. The largest absolute Gasteiger partial charge is 0.423 e. The van der Waals surface area contributed by atoms with Crippen LogP contribution in [0.15, 0.2) is 45.6 Å². The van der Waals surface area contributed by atoms with Gasteiger partial charge < -0.3 is 9.73 Å². The molecular weight excluding hydrogens is 394 g/mol.